The SMILES string of the molecule is CC(C)N1C(=O)COc2c(F)cc(-c3nc(Cc4ccc(N5CCC(N(C)C)CC5)c(F)c4)ncc3OC(F)(F)F)cc21. The minimum Gasteiger partial charge on any atom is -0.478 e. The van der Waals surface area contributed by atoms with Crippen molar-refractivity contribution in [2.45, 2.75) is 51.6 Å². The Morgan fingerprint density at radius 1 is 1.07 bits per heavy atom. The largest absolute Gasteiger partial charge is 0.573 e. The van der Waals surface area contributed by atoms with E-state index in [2.05, 4.69) is 19.6 Å². The fourth-order valence-corrected chi connectivity index (χ4v) is 5.56. The van der Waals surface area contributed by atoms with Crippen molar-refractivity contribution in [2.75, 3.05) is 43.6 Å². The van der Waals surface area contributed by atoms with Gasteiger partial charge in [-0.15, -0.1) is 13.2 Å². The Morgan fingerprint density at radius 3 is 2.42 bits per heavy atom. The second-order valence-corrected chi connectivity index (χ2v) is 11.1. The maximum absolute atomic E-state index is 15.2. The highest BCUT2D eigenvalue weighted by molar-refractivity contribution is 5.99. The molecule has 3 aromatic rings. The summed E-state index contributed by atoms with van der Waals surface area (Å²) >= 11 is 0. The number of amides is 1. The van der Waals surface area contributed by atoms with E-state index in [0.717, 1.165) is 25.1 Å². The van der Waals surface area contributed by atoms with Crippen molar-refractivity contribution in [1.82, 2.24) is 14.9 Å². The van der Waals surface area contributed by atoms with Crippen molar-refractivity contribution in [3.8, 4) is 22.8 Å². The van der Waals surface area contributed by atoms with E-state index in [1.165, 1.54) is 17.0 Å². The number of alkyl halides is 3. The number of piperidine rings is 1. The van der Waals surface area contributed by atoms with Gasteiger partial charge in [-0.05, 0) is 70.6 Å². The number of halogens is 5. The van der Waals surface area contributed by atoms with Gasteiger partial charge in [-0.1, -0.05) is 6.07 Å². The van der Waals surface area contributed by atoms with E-state index in [1.807, 2.05) is 19.0 Å². The molecule has 0 atom stereocenters. The van der Waals surface area contributed by atoms with Crippen LogP contribution in [0.15, 0.2) is 36.5 Å². The molecular weight excluding hydrogens is 573 g/mol. The summed E-state index contributed by atoms with van der Waals surface area (Å²) in [6.07, 6.45) is -2.41. The van der Waals surface area contributed by atoms with Crippen LogP contribution < -0.4 is 19.3 Å². The van der Waals surface area contributed by atoms with Crippen molar-refractivity contribution < 1.29 is 36.2 Å². The van der Waals surface area contributed by atoms with Crippen molar-refractivity contribution in [3.63, 3.8) is 0 Å². The van der Waals surface area contributed by atoms with Crippen LogP contribution in [-0.2, 0) is 11.2 Å². The van der Waals surface area contributed by atoms with Crippen LogP contribution in [-0.4, -0.2) is 73.0 Å². The first-order chi connectivity index (χ1) is 20.3. The molecule has 13 heteroatoms. The first-order valence-corrected chi connectivity index (χ1v) is 13.9. The molecule has 43 heavy (non-hydrogen) atoms. The zero-order valence-electron chi connectivity index (χ0n) is 24.2. The van der Waals surface area contributed by atoms with Crippen molar-refractivity contribution >= 4 is 17.3 Å². The highest BCUT2D eigenvalue weighted by atomic mass is 19.4. The van der Waals surface area contributed by atoms with Crippen LogP contribution in [0.2, 0.25) is 0 Å². The Morgan fingerprint density at radius 2 is 1.79 bits per heavy atom. The number of rotatable bonds is 7. The smallest absolute Gasteiger partial charge is 0.478 e. The normalized spacial score (nSPS) is 16.1. The number of benzene rings is 2. The molecule has 0 spiro atoms. The van der Waals surface area contributed by atoms with Crippen molar-refractivity contribution in [1.29, 1.82) is 0 Å². The topological polar surface area (TPSA) is 71.0 Å². The minimum absolute atomic E-state index is 0.00760. The number of fused-ring (bicyclic) bond motifs is 1. The van der Waals surface area contributed by atoms with Crippen LogP contribution >= 0.6 is 0 Å². The summed E-state index contributed by atoms with van der Waals surface area (Å²) in [6.45, 7) is 4.50. The molecule has 1 aromatic heterocycles. The number of aromatic nitrogens is 2. The third-order valence-corrected chi connectivity index (χ3v) is 7.62. The van der Waals surface area contributed by atoms with Crippen LogP contribution in [0.5, 0.6) is 11.5 Å². The molecule has 2 aliphatic rings. The highest BCUT2D eigenvalue weighted by Crippen LogP contribution is 2.41. The van der Waals surface area contributed by atoms with Crippen LogP contribution in [0.3, 0.4) is 0 Å². The molecule has 8 nitrogen and oxygen atoms in total. The van der Waals surface area contributed by atoms with E-state index in [-0.39, 0.29) is 47.6 Å². The van der Waals surface area contributed by atoms with Gasteiger partial charge in [-0.25, -0.2) is 18.7 Å². The lowest BCUT2D eigenvalue weighted by Gasteiger charge is -2.36. The summed E-state index contributed by atoms with van der Waals surface area (Å²) in [6, 6.07) is 7.13. The average Bonchev–Trinajstić information content (AvgIpc) is 2.93. The Kier molecular flexibility index (Phi) is 8.46. The van der Waals surface area contributed by atoms with Gasteiger partial charge < -0.3 is 24.2 Å². The van der Waals surface area contributed by atoms with Gasteiger partial charge >= 0.3 is 6.36 Å². The van der Waals surface area contributed by atoms with Crippen LogP contribution in [0.25, 0.3) is 11.3 Å². The molecule has 3 heterocycles. The molecule has 0 aliphatic carbocycles. The van der Waals surface area contributed by atoms with Gasteiger partial charge in [-0.3, -0.25) is 4.79 Å². The third-order valence-electron chi connectivity index (χ3n) is 7.62. The number of ether oxygens (including phenoxy) is 2. The van der Waals surface area contributed by atoms with Gasteiger partial charge in [0.25, 0.3) is 5.91 Å². The Bertz CT molecular complexity index is 1510. The Balaban J connectivity index is 1.47. The number of anilines is 2. The molecule has 0 radical (unpaired) electrons. The molecule has 2 aliphatic heterocycles. The van der Waals surface area contributed by atoms with Gasteiger partial charge in [0.15, 0.2) is 23.9 Å². The zero-order chi connectivity index (χ0) is 31.1. The van der Waals surface area contributed by atoms with Crippen molar-refractivity contribution in [3.05, 3.63) is 59.6 Å². The van der Waals surface area contributed by atoms with E-state index in [0.29, 0.717) is 30.4 Å². The standard InChI is InChI=1S/C30H32F5N5O3/c1-17(2)40-24-14-19(13-22(32)29(24)42-16-27(40)41)28-25(43-30(33,34)35)15-36-26(37-28)12-18-5-6-23(21(31)11-18)39-9-7-20(8-10-39)38(3)4/h5-6,11,13-15,17,20H,7-10,12,16H2,1-4H3. The maximum atomic E-state index is 15.2. The fraction of sp³-hybridized carbons (Fsp3) is 0.433. The summed E-state index contributed by atoms with van der Waals surface area (Å²) in [4.78, 5) is 26.3. The second-order valence-electron chi connectivity index (χ2n) is 11.1. The molecule has 2 aromatic carbocycles. The molecule has 0 N–H and O–H groups in total. The molecule has 1 saturated heterocycles. The first kappa shape index (κ1) is 30.5. The maximum Gasteiger partial charge on any atom is 0.573 e. The summed E-state index contributed by atoms with van der Waals surface area (Å²) < 4.78 is 79.7. The monoisotopic (exact) mass is 605 g/mol. The highest BCUT2D eigenvalue weighted by Gasteiger charge is 2.35. The molecule has 1 amide bonds. The number of nitrogens with zero attached hydrogens (tertiary/aromatic N) is 5. The molecule has 1 fully saturated rings. The zero-order valence-corrected chi connectivity index (χ0v) is 24.2. The average molecular weight is 606 g/mol. The number of carbonyl (C=O) groups is 1. The van der Waals surface area contributed by atoms with E-state index < -0.39 is 29.7 Å². The lowest BCUT2D eigenvalue weighted by Crippen LogP contribution is -2.43. The second kappa shape index (κ2) is 11.9. The van der Waals surface area contributed by atoms with Gasteiger partial charge in [0.05, 0.1) is 17.6 Å². The van der Waals surface area contributed by atoms with Crippen molar-refractivity contribution in [2.24, 2.45) is 0 Å². The molecule has 0 bridgehead atoms. The fourth-order valence-electron chi connectivity index (χ4n) is 5.56. The van der Waals surface area contributed by atoms with Gasteiger partial charge in [-0.2, -0.15) is 0 Å². The Labute approximate surface area is 246 Å². The molecule has 0 unspecified atom stereocenters. The quantitative estimate of drug-likeness (QED) is 0.326. The number of hydrogen-bond acceptors (Lipinski definition) is 7. The van der Waals surface area contributed by atoms with Crippen LogP contribution in [0.4, 0.5) is 33.3 Å². The lowest BCUT2D eigenvalue weighted by molar-refractivity contribution is -0.274. The minimum atomic E-state index is -5.07. The van der Waals surface area contributed by atoms with E-state index in [4.69, 9.17) is 4.74 Å². The van der Waals surface area contributed by atoms with Crippen LogP contribution in [0.1, 0.15) is 38.1 Å². The summed E-state index contributed by atoms with van der Waals surface area (Å²) in [5.74, 6) is -2.61. The van der Waals surface area contributed by atoms with E-state index in [9.17, 15) is 18.0 Å². The molecule has 5 rings (SSSR count). The summed E-state index contributed by atoms with van der Waals surface area (Å²) in [5, 5.41) is 0. The van der Waals surface area contributed by atoms with E-state index in [1.54, 1.807) is 26.0 Å². The number of hydrogen-bond donors (Lipinski definition) is 0. The third kappa shape index (κ3) is 6.66. The van der Waals surface area contributed by atoms with E-state index >= 15 is 8.78 Å². The predicted octanol–water partition coefficient (Wildman–Crippen LogP) is 5.58. The van der Waals surface area contributed by atoms with Gasteiger partial charge in [0, 0.05) is 37.2 Å². The van der Waals surface area contributed by atoms with Gasteiger partial charge in [0.2, 0.25) is 0 Å². The summed E-state index contributed by atoms with van der Waals surface area (Å²) in [5.41, 5.74) is 0.623. The molecule has 230 valence electrons. The Hall–Kier alpha value is -4.00. The summed E-state index contributed by atoms with van der Waals surface area (Å²) in [7, 11) is 4.06. The predicted molar refractivity (Wildman–Crippen MR) is 150 cm³/mol. The van der Waals surface area contributed by atoms with Gasteiger partial charge in [0.1, 0.15) is 17.3 Å². The number of carbonyl (C=O) groups excluding carboxylic acids is 1. The first-order valence-electron chi connectivity index (χ1n) is 13.9. The molecule has 0 saturated carbocycles. The van der Waals surface area contributed by atoms with Crippen LogP contribution in [0, 0.1) is 11.6 Å². The molecular formula is C30H32F5N5O3. The lowest BCUT2D eigenvalue weighted by atomic mass is 10.0.